The summed E-state index contributed by atoms with van der Waals surface area (Å²) in [4.78, 5) is 0. The highest BCUT2D eigenvalue weighted by molar-refractivity contribution is 6.37. The molecule has 0 atom stereocenters. The molecule has 15 heavy (non-hydrogen) atoms. The third kappa shape index (κ3) is 1.29. The number of fused-ring (bicyclic) bond motifs is 3. The Labute approximate surface area is 98.5 Å². The van der Waals surface area contributed by atoms with Crippen LogP contribution < -0.4 is 0 Å². The molecule has 1 aliphatic rings. The van der Waals surface area contributed by atoms with Crippen molar-refractivity contribution in [3.63, 3.8) is 0 Å². The van der Waals surface area contributed by atoms with E-state index < -0.39 is 0 Å². The van der Waals surface area contributed by atoms with Crippen LogP contribution in [0.1, 0.15) is 11.1 Å². The van der Waals surface area contributed by atoms with Crippen molar-refractivity contribution in [3.05, 3.63) is 57.6 Å². The van der Waals surface area contributed by atoms with E-state index in [4.69, 9.17) is 23.2 Å². The molecule has 0 aliphatic heterocycles. The highest BCUT2D eigenvalue weighted by Gasteiger charge is 2.22. The van der Waals surface area contributed by atoms with Gasteiger partial charge in [-0.25, -0.2) is 0 Å². The fraction of sp³-hybridized carbons (Fsp3) is 0.0769. The predicted molar refractivity (Wildman–Crippen MR) is 64.7 cm³/mol. The average Bonchev–Trinajstić information content (AvgIpc) is 2.58. The molecule has 0 aromatic heterocycles. The van der Waals surface area contributed by atoms with Crippen LogP contribution in [0.25, 0.3) is 11.1 Å². The lowest BCUT2D eigenvalue weighted by Gasteiger charge is -2.05. The van der Waals surface area contributed by atoms with E-state index in [-0.39, 0.29) is 0 Å². The SMILES string of the molecule is Clc1cccc2c1-c1c(Cl)cccc1C2. The van der Waals surface area contributed by atoms with Gasteiger partial charge in [0.05, 0.1) is 0 Å². The van der Waals surface area contributed by atoms with Gasteiger partial charge in [0.1, 0.15) is 0 Å². The van der Waals surface area contributed by atoms with Crippen LogP contribution in [0.15, 0.2) is 36.4 Å². The first kappa shape index (κ1) is 9.26. The number of benzene rings is 2. The third-order valence-corrected chi connectivity index (χ3v) is 3.46. The van der Waals surface area contributed by atoms with E-state index in [2.05, 4.69) is 12.1 Å². The Morgan fingerprint density at radius 3 is 1.67 bits per heavy atom. The van der Waals surface area contributed by atoms with Gasteiger partial charge in [0.25, 0.3) is 0 Å². The summed E-state index contributed by atoms with van der Waals surface area (Å²) in [5.41, 5.74) is 4.76. The molecule has 3 rings (SSSR count). The van der Waals surface area contributed by atoms with Crippen LogP contribution >= 0.6 is 23.2 Å². The van der Waals surface area contributed by atoms with Crippen LogP contribution in [0.5, 0.6) is 0 Å². The molecule has 2 aromatic rings. The number of halogens is 2. The number of hydrogen-bond acceptors (Lipinski definition) is 0. The first-order valence-corrected chi connectivity index (χ1v) is 5.58. The van der Waals surface area contributed by atoms with Gasteiger partial charge in [0.15, 0.2) is 0 Å². The summed E-state index contributed by atoms with van der Waals surface area (Å²) in [7, 11) is 0. The molecule has 0 radical (unpaired) electrons. The second-order valence-corrected chi connectivity index (χ2v) is 4.54. The van der Waals surface area contributed by atoms with E-state index >= 15 is 0 Å². The third-order valence-electron chi connectivity index (χ3n) is 2.83. The van der Waals surface area contributed by atoms with Crippen molar-refractivity contribution in [2.75, 3.05) is 0 Å². The summed E-state index contributed by atoms with van der Waals surface area (Å²) in [6.07, 6.45) is 0.936. The highest BCUT2D eigenvalue weighted by Crippen LogP contribution is 2.44. The van der Waals surface area contributed by atoms with E-state index in [0.717, 1.165) is 27.6 Å². The highest BCUT2D eigenvalue weighted by atomic mass is 35.5. The fourth-order valence-corrected chi connectivity index (χ4v) is 2.77. The maximum atomic E-state index is 6.21. The lowest BCUT2D eigenvalue weighted by molar-refractivity contribution is 1.26. The first-order chi connectivity index (χ1) is 7.27. The first-order valence-electron chi connectivity index (χ1n) is 4.82. The van der Waals surface area contributed by atoms with Crippen LogP contribution in [-0.2, 0) is 6.42 Å². The Balaban J connectivity index is 2.39. The fourth-order valence-electron chi connectivity index (χ4n) is 2.20. The molecule has 0 amide bonds. The Hall–Kier alpha value is -0.980. The minimum atomic E-state index is 0.791. The van der Waals surface area contributed by atoms with Crippen molar-refractivity contribution < 1.29 is 0 Å². The molecule has 0 heterocycles. The van der Waals surface area contributed by atoms with Crippen molar-refractivity contribution in [1.82, 2.24) is 0 Å². The van der Waals surface area contributed by atoms with Gasteiger partial charge in [-0.2, -0.15) is 0 Å². The maximum Gasteiger partial charge on any atom is 0.0487 e. The van der Waals surface area contributed by atoms with Gasteiger partial charge >= 0.3 is 0 Å². The Kier molecular flexibility index (Phi) is 2.01. The van der Waals surface area contributed by atoms with Gasteiger partial charge in [0, 0.05) is 21.2 Å². The molecule has 0 fully saturated rings. The van der Waals surface area contributed by atoms with E-state index in [1.165, 1.54) is 11.1 Å². The zero-order valence-electron chi connectivity index (χ0n) is 7.93. The summed E-state index contributed by atoms with van der Waals surface area (Å²) in [6, 6.07) is 12.0. The van der Waals surface area contributed by atoms with E-state index in [0.29, 0.717) is 0 Å². The average molecular weight is 235 g/mol. The molecular formula is C13H8Cl2. The van der Waals surface area contributed by atoms with Crippen LogP contribution in [0.3, 0.4) is 0 Å². The lowest BCUT2D eigenvalue weighted by Crippen LogP contribution is -1.80. The maximum absolute atomic E-state index is 6.21. The Morgan fingerprint density at radius 1 is 0.733 bits per heavy atom. The minimum Gasteiger partial charge on any atom is -0.0837 e. The molecule has 2 aromatic carbocycles. The number of hydrogen-bond donors (Lipinski definition) is 0. The van der Waals surface area contributed by atoms with Gasteiger partial charge in [-0.05, 0) is 29.7 Å². The van der Waals surface area contributed by atoms with Crippen LogP contribution in [0.2, 0.25) is 10.0 Å². The van der Waals surface area contributed by atoms with E-state index in [1.807, 2.05) is 24.3 Å². The molecule has 74 valence electrons. The quantitative estimate of drug-likeness (QED) is 0.535. The van der Waals surface area contributed by atoms with Gasteiger partial charge in [-0.3, -0.25) is 0 Å². The molecule has 0 unspecified atom stereocenters. The van der Waals surface area contributed by atoms with E-state index in [9.17, 15) is 0 Å². The molecule has 2 heteroatoms. The second-order valence-electron chi connectivity index (χ2n) is 3.72. The summed E-state index contributed by atoms with van der Waals surface area (Å²) in [6.45, 7) is 0. The summed E-state index contributed by atoms with van der Waals surface area (Å²) < 4.78 is 0. The topological polar surface area (TPSA) is 0 Å². The monoisotopic (exact) mass is 234 g/mol. The van der Waals surface area contributed by atoms with Crippen LogP contribution in [0.4, 0.5) is 0 Å². The molecule has 0 spiro atoms. The Bertz CT molecular complexity index is 495. The van der Waals surface area contributed by atoms with Gasteiger partial charge in [-0.15, -0.1) is 0 Å². The standard InChI is InChI=1S/C13H8Cl2/c14-10-5-1-3-8-7-9-4-2-6-11(15)13(9)12(8)10/h1-6H,7H2. The molecular weight excluding hydrogens is 227 g/mol. The van der Waals surface area contributed by atoms with Crippen LogP contribution in [-0.4, -0.2) is 0 Å². The summed E-state index contributed by atoms with van der Waals surface area (Å²) >= 11 is 12.4. The summed E-state index contributed by atoms with van der Waals surface area (Å²) in [5, 5.41) is 1.58. The lowest BCUT2D eigenvalue weighted by atomic mass is 10.1. The van der Waals surface area contributed by atoms with Crippen molar-refractivity contribution >= 4 is 23.2 Å². The largest absolute Gasteiger partial charge is 0.0837 e. The smallest absolute Gasteiger partial charge is 0.0487 e. The van der Waals surface area contributed by atoms with Crippen molar-refractivity contribution in [3.8, 4) is 11.1 Å². The molecule has 0 saturated heterocycles. The van der Waals surface area contributed by atoms with Crippen molar-refractivity contribution in [2.45, 2.75) is 6.42 Å². The van der Waals surface area contributed by atoms with Gasteiger partial charge < -0.3 is 0 Å². The normalized spacial score (nSPS) is 12.4. The van der Waals surface area contributed by atoms with Crippen LogP contribution in [0, 0.1) is 0 Å². The van der Waals surface area contributed by atoms with Gasteiger partial charge in [-0.1, -0.05) is 47.5 Å². The predicted octanol–water partition coefficient (Wildman–Crippen LogP) is 4.56. The van der Waals surface area contributed by atoms with Crippen molar-refractivity contribution in [2.24, 2.45) is 0 Å². The number of rotatable bonds is 0. The second kappa shape index (κ2) is 3.26. The molecule has 0 saturated carbocycles. The Morgan fingerprint density at radius 2 is 1.20 bits per heavy atom. The molecule has 1 aliphatic carbocycles. The summed E-state index contributed by atoms with van der Waals surface area (Å²) in [5.74, 6) is 0. The van der Waals surface area contributed by atoms with Crippen molar-refractivity contribution in [1.29, 1.82) is 0 Å². The van der Waals surface area contributed by atoms with E-state index in [1.54, 1.807) is 0 Å². The zero-order valence-corrected chi connectivity index (χ0v) is 9.44. The molecule has 0 bridgehead atoms. The molecule has 0 N–H and O–H groups in total. The minimum absolute atomic E-state index is 0.791. The zero-order chi connectivity index (χ0) is 10.4. The van der Waals surface area contributed by atoms with Gasteiger partial charge in [0.2, 0.25) is 0 Å². The molecule has 0 nitrogen and oxygen atoms in total.